The van der Waals surface area contributed by atoms with Crippen LogP contribution in [0.5, 0.6) is 0 Å². The summed E-state index contributed by atoms with van der Waals surface area (Å²) < 4.78 is 10.5. The van der Waals surface area contributed by atoms with Crippen molar-refractivity contribution < 1.29 is 9.47 Å². The molecule has 0 unspecified atom stereocenters. The van der Waals surface area contributed by atoms with E-state index < -0.39 is 0 Å². The fourth-order valence-corrected chi connectivity index (χ4v) is 0.922. The molecule has 0 saturated carbocycles. The number of ether oxygens (including phenoxy) is 2. The van der Waals surface area contributed by atoms with Crippen molar-refractivity contribution in [2.75, 3.05) is 26.4 Å². The number of rotatable bonds is 9. The predicted molar refractivity (Wildman–Crippen MR) is 51.1 cm³/mol. The maximum Gasteiger partial charge on any atom is 0.0700 e. The van der Waals surface area contributed by atoms with E-state index in [2.05, 4.69) is 6.92 Å². The first kappa shape index (κ1) is 11.9. The van der Waals surface area contributed by atoms with Crippen LogP contribution in [0.4, 0.5) is 0 Å². The van der Waals surface area contributed by atoms with Gasteiger partial charge in [-0.25, -0.2) is 0 Å². The lowest BCUT2D eigenvalue weighted by Crippen LogP contribution is -2.04. The van der Waals surface area contributed by atoms with Gasteiger partial charge < -0.3 is 9.47 Å². The van der Waals surface area contributed by atoms with E-state index >= 15 is 0 Å². The van der Waals surface area contributed by atoms with Crippen LogP contribution in [0, 0.1) is 6.92 Å². The van der Waals surface area contributed by atoms with Gasteiger partial charge in [-0.2, -0.15) is 0 Å². The molecule has 12 heavy (non-hydrogen) atoms. The summed E-state index contributed by atoms with van der Waals surface area (Å²) in [6, 6.07) is 0. The lowest BCUT2D eigenvalue weighted by atomic mass is 10.2. The normalized spacial score (nSPS) is 10.5. The van der Waals surface area contributed by atoms with E-state index in [1.165, 1.54) is 12.8 Å². The predicted octanol–water partition coefficient (Wildman–Crippen LogP) is 2.43. The number of hydrogen-bond donors (Lipinski definition) is 0. The van der Waals surface area contributed by atoms with Gasteiger partial charge in [0.25, 0.3) is 0 Å². The maximum absolute atomic E-state index is 5.34. The zero-order valence-electron chi connectivity index (χ0n) is 8.18. The molecule has 0 aliphatic heterocycles. The Morgan fingerprint density at radius 3 is 2.33 bits per heavy atom. The van der Waals surface area contributed by atoms with Crippen LogP contribution in [0.15, 0.2) is 0 Å². The molecule has 0 atom stereocenters. The topological polar surface area (TPSA) is 18.5 Å². The minimum Gasteiger partial charge on any atom is -0.379 e. The summed E-state index contributed by atoms with van der Waals surface area (Å²) in [5, 5.41) is 0. The van der Waals surface area contributed by atoms with Gasteiger partial charge in [-0.3, -0.25) is 0 Å². The molecule has 0 aromatic heterocycles. The minimum atomic E-state index is 0.728. The van der Waals surface area contributed by atoms with Crippen molar-refractivity contribution in [2.24, 2.45) is 0 Å². The highest BCUT2D eigenvalue weighted by atomic mass is 16.5. The first-order valence-corrected chi connectivity index (χ1v) is 4.86. The Kier molecular flexibility index (Phi) is 10.8. The van der Waals surface area contributed by atoms with Crippen molar-refractivity contribution >= 4 is 0 Å². The second-order valence-electron chi connectivity index (χ2n) is 2.72. The first-order chi connectivity index (χ1) is 5.91. The molecule has 0 N–H and O–H groups in total. The molecule has 0 aromatic carbocycles. The fourth-order valence-electron chi connectivity index (χ4n) is 0.922. The zero-order chi connectivity index (χ0) is 9.07. The van der Waals surface area contributed by atoms with E-state index in [0.29, 0.717) is 0 Å². The quantitative estimate of drug-likeness (QED) is 0.499. The third-order valence-electron chi connectivity index (χ3n) is 1.61. The van der Waals surface area contributed by atoms with E-state index in [1.807, 2.05) is 6.92 Å². The Bertz CT molecular complexity index is 64.2. The van der Waals surface area contributed by atoms with Crippen LogP contribution in [0.2, 0.25) is 0 Å². The van der Waals surface area contributed by atoms with E-state index in [-0.39, 0.29) is 0 Å². The summed E-state index contributed by atoms with van der Waals surface area (Å²) in [6.07, 6.45) is 4.65. The molecule has 0 amide bonds. The monoisotopic (exact) mass is 173 g/mol. The van der Waals surface area contributed by atoms with Gasteiger partial charge in [-0.1, -0.05) is 26.2 Å². The number of unbranched alkanes of at least 4 members (excludes halogenated alkanes) is 3. The van der Waals surface area contributed by atoms with Crippen LogP contribution in [0.1, 0.15) is 32.6 Å². The van der Waals surface area contributed by atoms with Gasteiger partial charge in [0, 0.05) is 13.2 Å². The second kappa shape index (κ2) is 10.9. The Hall–Kier alpha value is -0.0800. The molecular formula is C10H21O2. The second-order valence-corrected chi connectivity index (χ2v) is 2.72. The highest BCUT2D eigenvalue weighted by molar-refractivity contribution is 4.43. The van der Waals surface area contributed by atoms with Gasteiger partial charge in [0.15, 0.2) is 0 Å². The summed E-state index contributed by atoms with van der Waals surface area (Å²) in [5.74, 6) is 0. The Labute approximate surface area is 76.3 Å². The van der Waals surface area contributed by atoms with Gasteiger partial charge >= 0.3 is 0 Å². The van der Waals surface area contributed by atoms with Crippen LogP contribution >= 0.6 is 0 Å². The molecule has 0 bridgehead atoms. The summed E-state index contributed by atoms with van der Waals surface area (Å²) in [5.41, 5.74) is 0. The van der Waals surface area contributed by atoms with E-state index in [9.17, 15) is 0 Å². The largest absolute Gasteiger partial charge is 0.379 e. The Morgan fingerprint density at radius 2 is 1.67 bits per heavy atom. The van der Waals surface area contributed by atoms with Crippen LogP contribution < -0.4 is 0 Å². The lowest BCUT2D eigenvalue weighted by Gasteiger charge is -2.03. The summed E-state index contributed by atoms with van der Waals surface area (Å²) in [7, 11) is 0. The van der Waals surface area contributed by atoms with Gasteiger partial charge in [0.1, 0.15) is 0 Å². The first-order valence-electron chi connectivity index (χ1n) is 4.86. The molecule has 73 valence electrons. The Balaban J connectivity index is 2.73. The minimum absolute atomic E-state index is 0.728. The maximum atomic E-state index is 5.34. The molecule has 0 heterocycles. The lowest BCUT2D eigenvalue weighted by molar-refractivity contribution is 0.0513. The van der Waals surface area contributed by atoms with Gasteiger partial charge in [0.2, 0.25) is 0 Å². The van der Waals surface area contributed by atoms with Gasteiger partial charge in [-0.05, 0) is 13.3 Å². The molecule has 0 aromatic rings. The third-order valence-corrected chi connectivity index (χ3v) is 1.61. The highest BCUT2D eigenvalue weighted by Gasteiger charge is 1.89. The average molecular weight is 173 g/mol. The van der Waals surface area contributed by atoms with Gasteiger partial charge in [-0.15, -0.1) is 0 Å². The van der Waals surface area contributed by atoms with Crippen molar-refractivity contribution in [1.29, 1.82) is 0 Å². The molecule has 0 spiro atoms. The highest BCUT2D eigenvalue weighted by Crippen LogP contribution is 1.98. The molecule has 0 fully saturated rings. The smallest absolute Gasteiger partial charge is 0.0700 e. The van der Waals surface area contributed by atoms with Crippen LogP contribution in [0.3, 0.4) is 0 Å². The molecule has 2 heteroatoms. The van der Waals surface area contributed by atoms with Gasteiger partial charge in [0.05, 0.1) is 13.2 Å². The summed E-state index contributed by atoms with van der Waals surface area (Å²) >= 11 is 0. The zero-order valence-corrected chi connectivity index (χ0v) is 8.18. The third kappa shape index (κ3) is 9.92. The van der Waals surface area contributed by atoms with Crippen molar-refractivity contribution in [2.45, 2.75) is 32.6 Å². The van der Waals surface area contributed by atoms with E-state index in [1.54, 1.807) is 0 Å². The number of hydrogen-bond acceptors (Lipinski definition) is 2. The van der Waals surface area contributed by atoms with Crippen LogP contribution in [-0.4, -0.2) is 26.4 Å². The molecule has 1 radical (unpaired) electrons. The SMILES string of the molecule is [CH2]CCCCCOCCOCC. The fraction of sp³-hybridized carbons (Fsp3) is 0.900. The van der Waals surface area contributed by atoms with Crippen molar-refractivity contribution in [3.8, 4) is 0 Å². The summed E-state index contributed by atoms with van der Waals surface area (Å²) in [4.78, 5) is 0. The van der Waals surface area contributed by atoms with Crippen molar-refractivity contribution in [1.82, 2.24) is 0 Å². The van der Waals surface area contributed by atoms with E-state index in [0.717, 1.165) is 39.3 Å². The standard InChI is InChI=1S/C10H21O2/c1-3-5-6-7-8-12-10-9-11-4-2/h1,3-10H2,2H3. The van der Waals surface area contributed by atoms with Crippen molar-refractivity contribution in [3.05, 3.63) is 6.92 Å². The average Bonchev–Trinajstić information content (AvgIpc) is 2.10. The molecule has 2 nitrogen and oxygen atoms in total. The molecule has 0 saturated heterocycles. The molecular weight excluding hydrogens is 152 g/mol. The van der Waals surface area contributed by atoms with Crippen LogP contribution in [-0.2, 0) is 9.47 Å². The molecule has 0 rings (SSSR count). The summed E-state index contributed by atoms with van der Waals surface area (Å²) in [6.45, 7) is 8.89. The Morgan fingerprint density at radius 1 is 0.917 bits per heavy atom. The molecule has 0 aliphatic carbocycles. The van der Waals surface area contributed by atoms with Crippen LogP contribution in [0.25, 0.3) is 0 Å². The molecule has 0 aliphatic rings. The van der Waals surface area contributed by atoms with E-state index in [4.69, 9.17) is 9.47 Å². The van der Waals surface area contributed by atoms with Crippen molar-refractivity contribution in [3.63, 3.8) is 0 Å².